The Kier molecular flexibility index (Phi) is 9.84. The summed E-state index contributed by atoms with van der Waals surface area (Å²) in [6.07, 6.45) is 0.668. The molecule has 7 heteroatoms. The van der Waals surface area contributed by atoms with E-state index in [1.165, 1.54) is 0 Å². The molecular formula is C24H32N2O5. The zero-order valence-corrected chi connectivity index (χ0v) is 18.7. The molecule has 2 rings (SSSR count). The number of ether oxygens (including phenoxy) is 3. The van der Waals surface area contributed by atoms with Crippen LogP contribution in [0.15, 0.2) is 48.5 Å². The molecule has 2 aromatic carbocycles. The van der Waals surface area contributed by atoms with Crippen molar-refractivity contribution in [3.63, 3.8) is 0 Å². The van der Waals surface area contributed by atoms with E-state index < -0.39 is 0 Å². The first-order chi connectivity index (χ1) is 15.0. The van der Waals surface area contributed by atoms with Crippen molar-refractivity contribution in [3.8, 4) is 11.5 Å². The molecule has 0 aromatic heterocycles. The van der Waals surface area contributed by atoms with E-state index in [-0.39, 0.29) is 24.4 Å². The fraction of sp³-hybridized carbons (Fsp3) is 0.417. The van der Waals surface area contributed by atoms with Crippen molar-refractivity contribution in [2.24, 2.45) is 0 Å². The molecule has 168 valence electrons. The number of benzene rings is 2. The summed E-state index contributed by atoms with van der Waals surface area (Å²) in [6, 6.07) is 14.8. The van der Waals surface area contributed by atoms with E-state index in [2.05, 4.69) is 5.32 Å². The minimum Gasteiger partial charge on any atom is -0.490 e. The van der Waals surface area contributed by atoms with Gasteiger partial charge in [-0.05, 0) is 44.0 Å². The molecule has 0 spiro atoms. The van der Waals surface area contributed by atoms with Crippen LogP contribution in [0.2, 0.25) is 0 Å². The maximum absolute atomic E-state index is 12.7. The van der Waals surface area contributed by atoms with Gasteiger partial charge in [0.15, 0.2) is 11.5 Å². The molecule has 0 radical (unpaired) electrons. The van der Waals surface area contributed by atoms with E-state index in [0.29, 0.717) is 43.3 Å². The van der Waals surface area contributed by atoms with E-state index in [4.69, 9.17) is 14.2 Å². The van der Waals surface area contributed by atoms with Crippen LogP contribution in [0.5, 0.6) is 11.5 Å². The summed E-state index contributed by atoms with van der Waals surface area (Å²) < 4.78 is 16.4. The van der Waals surface area contributed by atoms with E-state index in [9.17, 15) is 9.59 Å². The first-order valence-electron chi connectivity index (χ1n) is 10.5. The summed E-state index contributed by atoms with van der Waals surface area (Å²) in [4.78, 5) is 26.9. The molecule has 0 aliphatic heterocycles. The zero-order valence-electron chi connectivity index (χ0n) is 18.7. The van der Waals surface area contributed by atoms with Gasteiger partial charge in [-0.25, -0.2) is 0 Å². The summed E-state index contributed by atoms with van der Waals surface area (Å²) in [7, 11) is 3.34. The zero-order chi connectivity index (χ0) is 22.6. The third-order valence-corrected chi connectivity index (χ3v) is 4.82. The van der Waals surface area contributed by atoms with Crippen LogP contribution in [-0.4, -0.2) is 63.3 Å². The Labute approximate surface area is 184 Å². The van der Waals surface area contributed by atoms with Crippen LogP contribution in [-0.2, 0) is 16.0 Å². The molecule has 0 bridgehead atoms. The lowest BCUT2D eigenvalue weighted by Gasteiger charge is -2.28. The first-order valence-corrected chi connectivity index (χ1v) is 10.5. The van der Waals surface area contributed by atoms with Gasteiger partial charge in [0.1, 0.15) is 0 Å². The average molecular weight is 429 g/mol. The number of hydrogen-bond acceptors (Lipinski definition) is 5. The van der Waals surface area contributed by atoms with Crippen molar-refractivity contribution in [2.45, 2.75) is 26.3 Å². The second kappa shape index (κ2) is 12.6. The van der Waals surface area contributed by atoms with Crippen molar-refractivity contribution in [1.82, 2.24) is 10.2 Å². The Bertz CT molecular complexity index is 841. The highest BCUT2D eigenvalue weighted by molar-refractivity contribution is 5.97. The lowest BCUT2D eigenvalue weighted by atomic mass is 10.1. The molecule has 0 fully saturated rings. The summed E-state index contributed by atoms with van der Waals surface area (Å²) in [5.74, 6) is 0.544. The summed E-state index contributed by atoms with van der Waals surface area (Å²) in [5, 5.41) is 2.69. The van der Waals surface area contributed by atoms with Crippen LogP contribution < -0.4 is 14.8 Å². The summed E-state index contributed by atoms with van der Waals surface area (Å²) >= 11 is 0. The molecule has 0 heterocycles. The topological polar surface area (TPSA) is 77.1 Å². The van der Waals surface area contributed by atoms with Crippen molar-refractivity contribution < 1.29 is 23.8 Å². The fourth-order valence-electron chi connectivity index (χ4n) is 3.16. The minimum absolute atomic E-state index is 0.110. The first kappa shape index (κ1) is 24.2. The van der Waals surface area contributed by atoms with Crippen molar-refractivity contribution in [1.29, 1.82) is 0 Å². The van der Waals surface area contributed by atoms with E-state index in [0.717, 1.165) is 5.56 Å². The maximum Gasteiger partial charge on any atom is 0.251 e. The van der Waals surface area contributed by atoms with Gasteiger partial charge in [-0.1, -0.05) is 30.3 Å². The van der Waals surface area contributed by atoms with Crippen LogP contribution in [0.1, 0.15) is 29.8 Å². The van der Waals surface area contributed by atoms with Crippen LogP contribution in [0.3, 0.4) is 0 Å². The predicted octanol–water partition coefficient (Wildman–Crippen LogP) is 2.93. The van der Waals surface area contributed by atoms with Crippen molar-refractivity contribution in [2.75, 3.05) is 40.5 Å². The number of carbonyl (C=O) groups excluding carboxylic acids is 2. The molecule has 0 unspecified atom stereocenters. The van der Waals surface area contributed by atoms with Gasteiger partial charge in [0.25, 0.3) is 5.91 Å². The predicted molar refractivity (Wildman–Crippen MR) is 120 cm³/mol. The molecular weight excluding hydrogens is 396 g/mol. The Morgan fingerprint density at radius 2 is 1.68 bits per heavy atom. The molecule has 0 saturated carbocycles. The van der Waals surface area contributed by atoms with Gasteiger partial charge in [-0.15, -0.1) is 0 Å². The number of nitrogens with one attached hydrogen (secondary N) is 1. The highest BCUT2D eigenvalue weighted by Gasteiger charge is 2.21. The van der Waals surface area contributed by atoms with Crippen LogP contribution in [0, 0.1) is 0 Å². The molecule has 7 nitrogen and oxygen atoms in total. The molecule has 2 amide bonds. The largest absolute Gasteiger partial charge is 0.490 e. The Morgan fingerprint density at radius 3 is 2.32 bits per heavy atom. The number of carbonyl (C=O) groups is 2. The van der Waals surface area contributed by atoms with Crippen LogP contribution in [0.25, 0.3) is 0 Å². The molecule has 0 aliphatic rings. The van der Waals surface area contributed by atoms with Crippen LogP contribution >= 0.6 is 0 Å². The van der Waals surface area contributed by atoms with Gasteiger partial charge in [0.2, 0.25) is 5.91 Å². The maximum atomic E-state index is 12.7. The van der Waals surface area contributed by atoms with Crippen molar-refractivity contribution in [3.05, 3.63) is 59.7 Å². The monoisotopic (exact) mass is 428 g/mol. The van der Waals surface area contributed by atoms with E-state index >= 15 is 0 Å². The molecule has 0 aliphatic carbocycles. The van der Waals surface area contributed by atoms with E-state index in [1.54, 1.807) is 37.3 Å². The number of hydrogen-bond donors (Lipinski definition) is 1. The molecule has 1 N–H and O–H groups in total. The Morgan fingerprint density at radius 1 is 1.00 bits per heavy atom. The quantitative estimate of drug-likeness (QED) is 0.563. The number of rotatable bonds is 12. The van der Waals surface area contributed by atoms with Gasteiger partial charge in [0, 0.05) is 19.7 Å². The Balaban J connectivity index is 1.99. The Hall–Kier alpha value is -3.06. The van der Waals surface area contributed by atoms with Gasteiger partial charge in [0.05, 0.1) is 32.4 Å². The number of likely N-dealkylation sites (N-methyl/N-ethyl adjacent to an activating group) is 1. The SMILES string of the molecule is CCOc1ccc(C(=O)NCC(=O)N(C)[C@H](COC)Cc2ccccc2)cc1OCC. The van der Waals surface area contributed by atoms with Gasteiger partial charge >= 0.3 is 0 Å². The highest BCUT2D eigenvalue weighted by Crippen LogP contribution is 2.28. The summed E-state index contributed by atoms with van der Waals surface area (Å²) in [5.41, 5.74) is 1.52. The number of amides is 2. The van der Waals surface area contributed by atoms with Gasteiger partial charge in [-0.3, -0.25) is 9.59 Å². The van der Waals surface area contributed by atoms with Gasteiger partial charge in [-0.2, -0.15) is 0 Å². The van der Waals surface area contributed by atoms with Crippen LogP contribution in [0.4, 0.5) is 0 Å². The van der Waals surface area contributed by atoms with Crippen molar-refractivity contribution >= 4 is 11.8 Å². The fourth-order valence-corrected chi connectivity index (χ4v) is 3.16. The lowest BCUT2D eigenvalue weighted by molar-refractivity contribution is -0.131. The normalized spacial score (nSPS) is 11.5. The lowest BCUT2D eigenvalue weighted by Crippen LogP contribution is -2.46. The second-order valence-electron chi connectivity index (χ2n) is 7.01. The molecule has 31 heavy (non-hydrogen) atoms. The smallest absolute Gasteiger partial charge is 0.251 e. The third-order valence-electron chi connectivity index (χ3n) is 4.82. The number of methoxy groups -OCH3 is 1. The molecule has 1 atom stereocenters. The second-order valence-corrected chi connectivity index (χ2v) is 7.01. The van der Waals surface area contributed by atoms with Gasteiger partial charge < -0.3 is 24.4 Å². The van der Waals surface area contributed by atoms with E-state index in [1.807, 2.05) is 44.2 Å². The average Bonchev–Trinajstić information content (AvgIpc) is 2.78. The minimum atomic E-state index is -0.350. The standard InChI is InChI=1S/C24H32N2O5/c1-5-30-21-13-12-19(15-22(21)31-6-2)24(28)25-16-23(27)26(3)20(17-29-4)14-18-10-8-7-9-11-18/h7-13,15,20H,5-6,14,16-17H2,1-4H3,(H,25,28)/t20-/m0/s1. The molecule has 0 saturated heterocycles. The highest BCUT2D eigenvalue weighted by atomic mass is 16.5. The summed E-state index contributed by atoms with van der Waals surface area (Å²) in [6.45, 7) is 4.99. The number of nitrogens with zero attached hydrogens (tertiary/aromatic N) is 1. The third kappa shape index (κ3) is 7.29. The molecule has 2 aromatic rings.